The zero-order chi connectivity index (χ0) is 18.8. The molecule has 1 aliphatic rings. The average Bonchev–Trinajstić information content (AvgIpc) is 2.73. The largest absolute Gasteiger partial charge is 0.497 e. The summed E-state index contributed by atoms with van der Waals surface area (Å²) in [4.78, 5) is 15.1. The number of nitrogens with one attached hydrogen (secondary N) is 1. The van der Waals surface area contributed by atoms with Crippen LogP contribution in [0.3, 0.4) is 0 Å². The van der Waals surface area contributed by atoms with Gasteiger partial charge in [-0.3, -0.25) is 9.69 Å². The molecule has 0 aliphatic carbocycles. The third-order valence-electron chi connectivity index (χ3n) is 4.65. The molecule has 1 N–H and O–H groups in total. The fourth-order valence-electron chi connectivity index (χ4n) is 3.33. The number of carbonyl (C=O) groups is 1. The van der Waals surface area contributed by atoms with Crippen LogP contribution in [0.2, 0.25) is 0 Å². The molecule has 1 heterocycles. The molecular weight excluding hydrogens is 340 g/mol. The summed E-state index contributed by atoms with van der Waals surface area (Å²) in [5, 5.41) is 3.49. The van der Waals surface area contributed by atoms with Crippen LogP contribution in [0, 0.1) is 0 Å². The van der Waals surface area contributed by atoms with Crippen molar-refractivity contribution in [2.75, 3.05) is 24.4 Å². The number of rotatable bonds is 4. The van der Waals surface area contributed by atoms with Gasteiger partial charge in [-0.1, -0.05) is 30.3 Å². The van der Waals surface area contributed by atoms with E-state index in [0.717, 1.165) is 16.9 Å². The van der Waals surface area contributed by atoms with Gasteiger partial charge in [0.2, 0.25) is 0 Å². The van der Waals surface area contributed by atoms with Gasteiger partial charge in [-0.15, -0.1) is 0 Å². The monoisotopic (exact) mass is 360 g/mol. The number of amides is 1. The highest BCUT2D eigenvalue weighted by Crippen LogP contribution is 2.38. The summed E-state index contributed by atoms with van der Waals surface area (Å²) in [6.45, 7) is 0. The van der Waals surface area contributed by atoms with E-state index in [0.29, 0.717) is 17.1 Å². The van der Waals surface area contributed by atoms with Crippen molar-refractivity contribution in [3.05, 3.63) is 83.9 Å². The topological polar surface area (TPSA) is 50.8 Å². The summed E-state index contributed by atoms with van der Waals surface area (Å²) in [6.07, 6.45) is -0.390. The molecule has 0 spiro atoms. The molecule has 5 nitrogen and oxygen atoms in total. The Kier molecular flexibility index (Phi) is 4.42. The maximum absolute atomic E-state index is 13.3. The Labute approximate surface area is 158 Å². The summed E-state index contributed by atoms with van der Waals surface area (Å²) in [6, 6.07) is 22.8. The lowest BCUT2D eigenvalue weighted by molar-refractivity contribution is 0.0975. The fraction of sp³-hybridized carbons (Fsp3) is 0.136. The molecule has 1 amide bonds. The minimum atomic E-state index is -0.390. The predicted molar refractivity (Wildman–Crippen MR) is 106 cm³/mol. The van der Waals surface area contributed by atoms with Crippen LogP contribution in [0.15, 0.2) is 72.8 Å². The number of methoxy groups -OCH3 is 2. The van der Waals surface area contributed by atoms with Crippen molar-refractivity contribution in [3.63, 3.8) is 0 Å². The summed E-state index contributed by atoms with van der Waals surface area (Å²) in [5.74, 6) is 1.29. The minimum absolute atomic E-state index is 0.0534. The first kappa shape index (κ1) is 17.0. The van der Waals surface area contributed by atoms with Gasteiger partial charge in [0.05, 0.1) is 19.8 Å². The number of nitrogens with zero attached hydrogens (tertiary/aromatic N) is 1. The Bertz CT molecular complexity index is 950. The van der Waals surface area contributed by atoms with Crippen LogP contribution in [0.4, 0.5) is 11.4 Å². The number of carbonyl (C=O) groups excluding carboxylic acids is 1. The molecule has 5 heteroatoms. The molecule has 0 saturated carbocycles. The van der Waals surface area contributed by atoms with Gasteiger partial charge < -0.3 is 14.8 Å². The van der Waals surface area contributed by atoms with E-state index in [1.807, 2.05) is 72.8 Å². The Balaban J connectivity index is 1.88. The molecule has 1 aliphatic heterocycles. The predicted octanol–water partition coefficient (Wildman–Crippen LogP) is 4.47. The van der Waals surface area contributed by atoms with E-state index in [-0.39, 0.29) is 5.91 Å². The molecule has 27 heavy (non-hydrogen) atoms. The van der Waals surface area contributed by atoms with Crippen LogP contribution in [0.5, 0.6) is 11.5 Å². The highest BCUT2D eigenvalue weighted by molar-refractivity contribution is 6.12. The Hall–Kier alpha value is -3.47. The maximum atomic E-state index is 13.3. The first-order chi connectivity index (χ1) is 13.2. The summed E-state index contributed by atoms with van der Waals surface area (Å²) < 4.78 is 10.8. The van der Waals surface area contributed by atoms with Crippen molar-refractivity contribution >= 4 is 17.3 Å². The highest BCUT2D eigenvalue weighted by Gasteiger charge is 2.34. The molecule has 0 saturated heterocycles. The van der Waals surface area contributed by atoms with E-state index in [9.17, 15) is 4.79 Å². The van der Waals surface area contributed by atoms with E-state index < -0.39 is 6.17 Å². The second-order valence-corrected chi connectivity index (χ2v) is 6.25. The van der Waals surface area contributed by atoms with Crippen LogP contribution in [0.25, 0.3) is 0 Å². The van der Waals surface area contributed by atoms with Gasteiger partial charge in [0, 0.05) is 23.0 Å². The third kappa shape index (κ3) is 3.08. The van der Waals surface area contributed by atoms with Crippen molar-refractivity contribution in [2.24, 2.45) is 0 Å². The number of fused-ring (bicyclic) bond motifs is 1. The van der Waals surface area contributed by atoms with Gasteiger partial charge in [-0.05, 0) is 36.4 Å². The Morgan fingerprint density at radius 1 is 0.852 bits per heavy atom. The van der Waals surface area contributed by atoms with Gasteiger partial charge in [0.25, 0.3) is 5.91 Å². The van der Waals surface area contributed by atoms with Crippen LogP contribution >= 0.6 is 0 Å². The molecule has 0 aromatic heterocycles. The van der Waals surface area contributed by atoms with Crippen LogP contribution in [-0.4, -0.2) is 20.1 Å². The second kappa shape index (κ2) is 7.03. The van der Waals surface area contributed by atoms with Crippen molar-refractivity contribution in [2.45, 2.75) is 6.17 Å². The van der Waals surface area contributed by atoms with E-state index in [4.69, 9.17) is 9.47 Å². The minimum Gasteiger partial charge on any atom is -0.497 e. The third-order valence-corrected chi connectivity index (χ3v) is 4.65. The first-order valence-electron chi connectivity index (χ1n) is 8.68. The molecule has 136 valence electrons. The van der Waals surface area contributed by atoms with Crippen molar-refractivity contribution in [1.82, 2.24) is 0 Å². The van der Waals surface area contributed by atoms with E-state index in [1.165, 1.54) is 0 Å². The summed E-state index contributed by atoms with van der Waals surface area (Å²) in [5.41, 5.74) is 3.14. The molecule has 0 radical (unpaired) electrons. The van der Waals surface area contributed by atoms with Crippen LogP contribution in [-0.2, 0) is 0 Å². The number of hydrogen-bond acceptors (Lipinski definition) is 4. The van der Waals surface area contributed by atoms with Gasteiger partial charge in [-0.2, -0.15) is 0 Å². The molecule has 3 aromatic rings. The van der Waals surface area contributed by atoms with Gasteiger partial charge in [0.15, 0.2) is 0 Å². The smallest absolute Gasteiger partial charge is 0.262 e. The number of anilines is 2. The maximum Gasteiger partial charge on any atom is 0.262 e. The molecule has 0 unspecified atom stereocenters. The number of para-hydroxylation sites is 2. The Morgan fingerprint density at radius 2 is 1.48 bits per heavy atom. The lowest BCUT2D eigenvalue weighted by atomic mass is 10.0. The molecule has 0 bridgehead atoms. The molecular formula is C22H20N2O3. The molecule has 0 fully saturated rings. The Morgan fingerprint density at radius 3 is 2.15 bits per heavy atom. The lowest BCUT2D eigenvalue weighted by Crippen LogP contribution is -2.43. The number of benzene rings is 3. The van der Waals surface area contributed by atoms with Crippen molar-refractivity contribution in [1.29, 1.82) is 0 Å². The first-order valence-corrected chi connectivity index (χ1v) is 8.68. The number of ether oxygens (including phenoxy) is 2. The van der Waals surface area contributed by atoms with E-state index in [1.54, 1.807) is 19.1 Å². The normalized spacial score (nSPS) is 15.7. The molecule has 4 rings (SSSR count). The lowest BCUT2D eigenvalue weighted by Gasteiger charge is -2.38. The molecule has 3 aromatic carbocycles. The molecule has 1 atom stereocenters. The SMILES string of the molecule is COc1cc(OC)cc([C@H]2Nc3ccccc3C(=O)N2c2ccccc2)c1. The average molecular weight is 360 g/mol. The zero-order valence-electron chi connectivity index (χ0n) is 15.2. The highest BCUT2D eigenvalue weighted by atomic mass is 16.5. The van der Waals surface area contributed by atoms with Crippen molar-refractivity contribution < 1.29 is 14.3 Å². The standard InChI is InChI=1S/C22H20N2O3/c1-26-17-12-15(13-18(14-17)27-2)21-23-20-11-7-6-10-19(20)22(25)24(21)16-8-4-3-5-9-16/h3-14,21,23H,1-2H3/t21-/m0/s1. The zero-order valence-corrected chi connectivity index (χ0v) is 15.2. The summed E-state index contributed by atoms with van der Waals surface area (Å²) in [7, 11) is 3.23. The second-order valence-electron chi connectivity index (χ2n) is 6.25. The van der Waals surface area contributed by atoms with E-state index >= 15 is 0 Å². The van der Waals surface area contributed by atoms with Crippen LogP contribution < -0.4 is 19.7 Å². The quantitative estimate of drug-likeness (QED) is 0.746. The van der Waals surface area contributed by atoms with Gasteiger partial charge >= 0.3 is 0 Å². The summed E-state index contributed by atoms with van der Waals surface area (Å²) >= 11 is 0. The number of hydrogen-bond donors (Lipinski definition) is 1. The van der Waals surface area contributed by atoms with Gasteiger partial charge in [-0.25, -0.2) is 0 Å². The van der Waals surface area contributed by atoms with Crippen LogP contribution in [0.1, 0.15) is 22.1 Å². The fourth-order valence-corrected chi connectivity index (χ4v) is 3.33. The van der Waals surface area contributed by atoms with Gasteiger partial charge in [0.1, 0.15) is 17.7 Å². The van der Waals surface area contributed by atoms with E-state index in [2.05, 4.69) is 5.32 Å². The van der Waals surface area contributed by atoms with Crippen molar-refractivity contribution in [3.8, 4) is 11.5 Å².